The summed E-state index contributed by atoms with van der Waals surface area (Å²) in [6.45, 7) is 5.31. The topological polar surface area (TPSA) is 21.3 Å². The number of rotatable bonds is 8. The van der Waals surface area contributed by atoms with Gasteiger partial charge in [-0.3, -0.25) is 0 Å². The van der Waals surface area contributed by atoms with Crippen molar-refractivity contribution in [2.24, 2.45) is 5.92 Å². The zero-order chi connectivity index (χ0) is 12.7. The van der Waals surface area contributed by atoms with Crippen LogP contribution in [0.3, 0.4) is 0 Å². The number of ether oxygens (including phenoxy) is 1. The predicted octanol–water partition coefficient (Wildman–Crippen LogP) is 3.11. The van der Waals surface area contributed by atoms with Crippen molar-refractivity contribution >= 4 is 11.3 Å². The molecule has 2 atom stereocenters. The third kappa shape index (κ3) is 5.19. The molecule has 0 saturated heterocycles. The molecule has 0 aliphatic heterocycles. The Morgan fingerprint density at radius 1 is 1.35 bits per heavy atom. The lowest BCUT2D eigenvalue weighted by atomic mass is 10.00. The van der Waals surface area contributed by atoms with E-state index in [0.29, 0.717) is 12.0 Å². The molecule has 3 heteroatoms. The summed E-state index contributed by atoms with van der Waals surface area (Å²) < 4.78 is 5.20. The van der Waals surface area contributed by atoms with Crippen LogP contribution in [0.25, 0.3) is 0 Å². The number of hydrogen-bond donors (Lipinski definition) is 1. The maximum Gasteiger partial charge on any atom is 0.0488 e. The molecular weight excluding hydrogens is 230 g/mol. The van der Waals surface area contributed by atoms with Gasteiger partial charge in [0, 0.05) is 29.5 Å². The Morgan fingerprint density at radius 3 is 2.59 bits per heavy atom. The van der Waals surface area contributed by atoms with Crippen molar-refractivity contribution in [1.29, 1.82) is 0 Å². The highest BCUT2D eigenvalue weighted by Crippen LogP contribution is 2.20. The van der Waals surface area contributed by atoms with Crippen molar-refractivity contribution < 1.29 is 4.74 Å². The van der Waals surface area contributed by atoms with Crippen LogP contribution in [-0.4, -0.2) is 26.8 Å². The van der Waals surface area contributed by atoms with Crippen LogP contribution < -0.4 is 5.32 Å². The molecule has 1 aromatic heterocycles. The molecular formula is C14H25NOS. The average molecular weight is 255 g/mol. The van der Waals surface area contributed by atoms with Crippen LogP contribution in [0.5, 0.6) is 0 Å². The monoisotopic (exact) mass is 255 g/mol. The van der Waals surface area contributed by atoms with Crippen molar-refractivity contribution in [2.45, 2.75) is 39.2 Å². The lowest BCUT2D eigenvalue weighted by Gasteiger charge is -2.19. The van der Waals surface area contributed by atoms with Crippen molar-refractivity contribution in [1.82, 2.24) is 5.32 Å². The van der Waals surface area contributed by atoms with Gasteiger partial charge >= 0.3 is 0 Å². The maximum absolute atomic E-state index is 5.20. The van der Waals surface area contributed by atoms with E-state index in [1.165, 1.54) is 16.2 Å². The number of hydrogen-bond acceptors (Lipinski definition) is 3. The number of likely N-dealkylation sites (N-methyl/N-ethyl adjacent to an activating group) is 1. The molecule has 0 aliphatic carbocycles. The molecule has 0 bridgehead atoms. The van der Waals surface area contributed by atoms with E-state index in [2.05, 4.69) is 38.3 Å². The smallest absolute Gasteiger partial charge is 0.0488 e. The Hall–Kier alpha value is -0.380. The van der Waals surface area contributed by atoms with E-state index in [9.17, 15) is 0 Å². The summed E-state index contributed by atoms with van der Waals surface area (Å²) in [5.74, 6) is 0.614. The number of methoxy groups -OCH3 is 1. The molecule has 2 unspecified atom stereocenters. The summed E-state index contributed by atoms with van der Waals surface area (Å²) in [5, 5.41) is 3.42. The molecule has 1 rings (SSSR count). The van der Waals surface area contributed by atoms with Crippen LogP contribution in [0.1, 0.15) is 30.0 Å². The maximum atomic E-state index is 5.20. The Balaban J connectivity index is 2.45. The first kappa shape index (κ1) is 14.7. The molecule has 0 aromatic carbocycles. The molecule has 0 spiro atoms. The Bertz CT molecular complexity index is 311. The van der Waals surface area contributed by atoms with E-state index < -0.39 is 0 Å². The van der Waals surface area contributed by atoms with Gasteiger partial charge in [-0.25, -0.2) is 0 Å². The SMILES string of the molecule is CCc1ccc(CC(CC(C)COC)NC)s1. The van der Waals surface area contributed by atoms with Gasteiger partial charge in [-0.1, -0.05) is 13.8 Å². The van der Waals surface area contributed by atoms with E-state index in [4.69, 9.17) is 4.74 Å². The predicted molar refractivity (Wildman–Crippen MR) is 75.9 cm³/mol. The standard InChI is InChI=1S/C14H25NOS/c1-5-13-6-7-14(17-13)9-12(15-3)8-11(2)10-16-4/h6-7,11-12,15H,5,8-10H2,1-4H3. The fourth-order valence-electron chi connectivity index (χ4n) is 2.11. The van der Waals surface area contributed by atoms with Gasteiger partial charge < -0.3 is 10.1 Å². The van der Waals surface area contributed by atoms with E-state index >= 15 is 0 Å². The molecule has 98 valence electrons. The second-order valence-corrected chi connectivity index (χ2v) is 5.96. The zero-order valence-corrected chi connectivity index (χ0v) is 12.3. The third-order valence-electron chi connectivity index (χ3n) is 3.06. The summed E-state index contributed by atoms with van der Waals surface area (Å²) in [4.78, 5) is 2.98. The van der Waals surface area contributed by atoms with Crippen LogP contribution >= 0.6 is 11.3 Å². The highest BCUT2D eigenvalue weighted by atomic mass is 32.1. The second-order valence-electron chi connectivity index (χ2n) is 4.71. The van der Waals surface area contributed by atoms with E-state index in [1.807, 2.05) is 11.3 Å². The van der Waals surface area contributed by atoms with Gasteiger partial charge in [0.05, 0.1) is 0 Å². The minimum Gasteiger partial charge on any atom is -0.384 e. The summed E-state index contributed by atoms with van der Waals surface area (Å²) in [6.07, 6.45) is 3.45. The fraction of sp³-hybridized carbons (Fsp3) is 0.714. The average Bonchev–Trinajstić information content (AvgIpc) is 2.76. The molecule has 0 saturated carbocycles. The van der Waals surface area contributed by atoms with Gasteiger partial charge in [0.25, 0.3) is 0 Å². The van der Waals surface area contributed by atoms with Crippen LogP contribution in [0.2, 0.25) is 0 Å². The molecule has 0 radical (unpaired) electrons. The first-order valence-electron chi connectivity index (χ1n) is 6.43. The minimum atomic E-state index is 0.559. The molecule has 17 heavy (non-hydrogen) atoms. The zero-order valence-electron chi connectivity index (χ0n) is 11.5. The van der Waals surface area contributed by atoms with Crippen LogP contribution in [0.15, 0.2) is 12.1 Å². The van der Waals surface area contributed by atoms with Crippen molar-refractivity contribution in [3.63, 3.8) is 0 Å². The first-order chi connectivity index (χ1) is 8.19. The van der Waals surface area contributed by atoms with Gasteiger partial charge in [-0.2, -0.15) is 0 Å². The molecule has 0 fully saturated rings. The van der Waals surface area contributed by atoms with Gasteiger partial charge in [-0.05, 0) is 44.4 Å². The van der Waals surface area contributed by atoms with Crippen LogP contribution in [-0.2, 0) is 17.6 Å². The highest BCUT2D eigenvalue weighted by molar-refractivity contribution is 7.11. The lowest BCUT2D eigenvalue weighted by Crippen LogP contribution is -2.30. The molecule has 1 heterocycles. The van der Waals surface area contributed by atoms with Crippen molar-refractivity contribution in [3.05, 3.63) is 21.9 Å². The van der Waals surface area contributed by atoms with E-state index in [1.54, 1.807) is 7.11 Å². The minimum absolute atomic E-state index is 0.559. The Morgan fingerprint density at radius 2 is 2.06 bits per heavy atom. The second kappa shape index (κ2) is 7.85. The van der Waals surface area contributed by atoms with Gasteiger partial charge in [0.2, 0.25) is 0 Å². The van der Waals surface area contributed by atoms with Crippen LogP contribution in [0.4, 0.5) is 0 Å². The Kier molecular flexibility index (Phi) is 6.78. The largest absolute Gasteiger partial charge is 0.384 e. The number of aryl methyl sites for hydroxylation is 1. The quantitative estimate of drug-likeness (QED) is 0.770. The fourth-order valence-corrected chi connectivity index (χ4v) is 3.14. The van der Waals surface area contributed by atoms with Gasteiger partial charge in [0.1, 0.15) is 0 Å². The highest BCUT2D eigenvalue weighted by Gasteiger charge is 2.13. The van der Waals surface area contributed by atoms with E-state index in [-0.39, 0.29) is 0 Å². The summed E-state index contributed by atoms with van der Waals surface area (Å²) in [7, 11) is 3.83. The van der Waals surface area contributed by atoms with Gasteiger partial charge in [0.15, 0.2) is 0 Å². The summed E-state index contributed by atoms with van der Waals surface area (Å²) in [5.41, 5.74) is 0. The summed E-state index contributed by atoms with van der Waals surface area (Å²) in [6, 6.07) is 5.09. The molecule has 0 amide bonds. The molecule has 1 N–H and O–H groups in total. The number of nitrogens with one attached hydrogen (secondary N) is 1. The van der Waals surface area contributed by atoms with E-state index in [0.717, 1.165) is 19.4 Å². The molecule has 2 nitrogen and oxygen atoms in total. The third-order valence-corrected chi connectivity index (χ3v) is 4.31. The summed E-state index contributed by atoms with van der Waals surface area (Å²) >= 11 is 1.95. The van der Waals surface area contributed by atoms with Crippen molar-refractivity contribution in [3.8, 4) is 0 Å². The Labute approximate surface area is 109 Å². The first-order valence-corrected chi connectivity index (χ1v) is 7.25. The van der Waals surface area contributed by atoms with Crippen LogP contribution in [0, 0.1) is 5.92 Å². The van der Waals surface area contributed by atoms with Gasteiger partial charge in [-0.15, -0.1) is 11.3 Å². The normalized spacial score (nSPS) is 14.8. The lowest BCUT2D eigenvalue weighted by molar-refractivity contribution is 0.150. The number of thiophene rings is 1. The van der Waals surface area contributed by atoms with Crippen molar-refractivity contribution in [2.75, 3.05) is 20.8 Å². The molecule has 0 aliphatic rings. The molecule has 1 aromatic rings.